The second-order valence-corrected chi connectivity index (χ2v) is 5.72. The van der Waals surface area contributed by atoms with Crippen LogP contribution in [-0.2, 0) is 0 Å². The van der Waals surface area contributed by atoms with Gasteiger partial charge in [0.2, 0.25) is 0 Å². The zero-order valence-corrected chi connectivity index (χ0v) is 13.5. The molecule has 2 aromatic rings. The third kappa shape index (κ3) is 4.35. The van der Waals surface area contributed by atoms with Gasteiger partial charge in [-0.15, -0.1) is 0 Å². The lowest BCUT2D eigenvalue weighted by molar-refractivity contribution is 0.103. The molecule has 2 rings (SSSR count). The van der Waals surface area contributed by atoms with E-state index < -0.39 is 0 Å². The highest BCUT2D eigenvalue weighted by Crippen LogP contribution is 2.21. The van der Waals surface area contributed by atoms with Gasteiger partial charge in [0, 0.05) is 11.1 Å². The van der Waals surface area contributed by atoms with Crippen LogP contribution >= 0.6 is 0 Å². The summed E-state index contributed by atoms with van der Waals surface area (Å²) >= 11 is 0. The standard InChI is InChI=1S/C19H22O3/c1-13(2)21-17-9-5-7-15(11-17)19(20)16-8-6-10-18(12-16)22-14(3)4/h5-14H,1-4H3. The van der Waals surface area contributed by atoms with E-state index in [1.165, 1.54) is 0 Å². The Labute approximate surface area is 131 Å². The van der Waals surface area contributed by atoms with Gasteiger partial charge < -0.3 is 9.47 Å². The van der Waals surface area contributed by atoms with Crippen LogP contribution in [0, 0.1) is 0 Å². The molecule has 0 radical (unpaired) electrons. The molecule has 0 fully saturated rings. The first-order valence-electron chi connectivity index (χ1n) is 7.54. The predicted octanol–water partition coefficient (Wildman–Crippen LogP) is 4.49. The van der Waals surface area contributed by atoms with Crippen LogP contribution < -0.4 is 9.47 Å². The largest absolute Gasteiger partial charge is 0.491 e. The van der Waals surface area contributed by atoms with Gasteiger partial charge in [0.1, 0.15) is 11.5 Å². The Balaban J connectivity index is 2.24. The molecule has 0 spiro atoms. The Morgan fingerprint density at radius 2 is 1.18 bits per heavy atom. The van der Waals surface area contributed by atoms with E-state index in [1.807, 2.05) is 52.0 Å². The number of hydrogen-bond donors (Lipinski definition) is 0. The van der Waals surface area contributed by atoms with E-state index in [4.69, 9.17) is 9.47 Å². The molecular formula is C19H22O3. The van der Waals surface area contributed by atoms with Gasteiger partial charge in [-0.1, -0.05) is 24.3 Å². The van der Waals surface area contributed by atoms with Crippen molar-refractivity contribution < 1.29 is 14.3 Å². The second kappa shape index (κ2) is 7.12. The first kappa shape index (κ1) is 16.1. The fraction of sp³-hybridized carbons (Fsp3) is 0.316. The van der Waals surface area contributed by atoms with Crippen molar-refractivity contribution in [2.24, 2.45) is 0 Å². The third-order valence-corrected chi connectivity index (χ3v) is 2.94. The summed E-state index contributed by atoms with van der Waals surface area (Å²) in [4.78, 5) is 12.6. The van der Waals surface area contributed by atoms with E-state index in [0.29, 0.717) is 22.6 Å². The van der Waals surface area contributed by atoms with Crippen molar-refractivity contribution in [3.8, 4) is 11.5 Å². The molecule has 22 heavy (non-hydrogen) atoms. The minimum Gasteiger partial charge on any atom is -0.491 e. The smallest absolute Gasteiger partial charge is 0.193 e. The molecule has 0 N–H and O–H groups in total. The molecular weight excluding hydrogens is 276 g/mol. The fourth-order valence-corrected chi connectivity index (χ4v) is 2.13. The maximum Gasteiger partial charge on any atom is 0.193 e. The third-order valence-electron chi connectivity index (χ3n) is 2.94. The lowest BCUT2D eigenvalue weighted by Crippen LogP contribution is -2.08. The zero-order valence-electron chi connectivity index (χ0n) is 13.5. The van der Waals surface area contributed by atoms with Crippen LogP contribution in [0.25, 0.3) is 0 Å². The van der Waals surface area contributed by atoms with Crippen molar-refractivity contribution in [3.05, 3.63) is 59.7 Å². The summed E-state index contributed by atoms with van der Waals surface area (Å²) in [6, 6.07) is 14.5. The zero-order chi connectivity index (χ0) is 16.1. The Kier molecular flexibility index (Phi) is 5.21. The molecule has 0 aliphatic carbocycles. The van der Waals surface area contributed by atoms with Gasteiger partial charge in [-0.2, -0.15) is 0 Å². The van der Waals surface area contributed by atoms with Gasteiger partial charge in [0.05, 0.1) is 12.2 Å². The summed E-state index contributed by atoms with van der Waals surface area (Å²) in [6.45, 7) is 7.84. The second-order valence-electron chi connectivity index (χ2n) is 5.72. The summed E-state index contributed by atoms with van der Waals surface area (Å²) in [5.41, 5.74) is 1.22. The number of carbonyl (C=O) groups excluding carboxylic acids is 1. The highest BCUT2D eigenvalue weighted by atomic mass is 16.5. The molecule has 0 atom stereocenters. The van der Waals surface area contributed by atoms with Crippen LogP contribution in [0.3, 0.4) is 0 Å². The summed E-state index contributed by atoms with van der Waals surface area (Å²) in [6.07, 6.45) is 0.154. The average Bonchev–Trinajstić information content (AvgIpc) is 2.45. The van der Waals surface area contributed by atoms with Crippen LogP contribution in [-0.4, -0.2) is 18.0 Å². The highest BCUT2D eigenvalue weighted by Gasteiger charge is 2.11. The van der Waals surface area contributed by atoms with Crippen molar-refractivity contribution in [3.63, 3.8) is 0 Å². The van der Waals surface area contributed by atoms with Crippen LogP contribution in [0.4, 0.5) is 0 Å². The Bertz CT molecular complexity index is 589. The lowest BCUT2D eigenvalue weighted by Gasteiger charge is -2.12. The summed E-state index contributed by atoms with van der Waals surface area (Å²) in [7, 11) is 0. The van der Waals surface area contributed by atoms with E-state index in [2.05, 4.69) is 0 Å². The molecule has 2 aromatic carbocycles. The molecule has 0 amide bonds. The maximum atomic E-state index is 12.6. The number of rotatable bonds is 6. The molecule has 0 aromatic heterocycles. The fourth-order valence-electron chi connectivity index (χ4n) is 2.13. The first-order chi connectivity index (χ1) is 10.5. The van der Waals surface area contributed by atoms with Gasteiger partial charge in [-0.3, -0.25) is 4.79 Å². The molecule has 0 saturated carbocycles. The Morgan fingerprint density at radius 3 is 1.55 bits per heavy atom. The SMILES string of the molecule is CC(C)Oc1cccc(C(=O)c2cccc(OC(C)C)c2)c1. The molecule has 3 nitrogen and oxygen atoms in total. The molecule has 0 heterocycles. The Morgan fingerprint density at radius 1 is 0.773 bits per heavy atom. The quantitative estimate of drug-likeness (QED) is 0.737. The predicted molar refractivity (Wildman–Crippen MR) is 87.8 cm³/mol. The molecule has 3 heteroatoms. The van der Waals surface area contributed by atoms with Crippen molar-refractivity contribution in [2.75, 3.05) is 0 Å². The topological polar surface area (TPSA) is 35.5 Å². The van der Waals surface area contributed by atoms with Crippen molar-refractivity contribution in [1.29, 1.82) is 0 Å². The molecule has 0 aliphatic heterocycles. The van der Waals surface area contributed by atoms with Crippen LogP contribution in [0.1, 0.15) is 43.6 Å². The number of carbonyl (C=O) groups is 1. The highest BCUT2D eigenvalue weighted by molar-refractivity contribution is 6.09. The van der Waals surface area contributed by atoms with Gasteiger partial charge in [0.15, 0.2) is 5.78 Å². The molecule has 0 bridgehead atoms. The normalized spacial score (nSPS) is 10.8. The van der Waals surface area contributed by atoms with Crippen molar-refractivity contribution >= 4 is 5.78 Å². The molecule has 116 valence electrons. The number of ether oxygens (including phenoxy) is 2. The lowest BCUT2D eigenvalue weighted by atomic mass is 10.0. The maximum absolute atomic E-state index is 12.6. The van der Waals surface area contributed by atoms with Crippen LogP contribution in [0.15, 0.2) is 48.5 Å². The molecule has 0 saturated heterocycles. The van der Waals surface area contributed by atoms with Gasteiger partial charge >= 0.3 is 0 Å². The van der Waals surface area contributed by atoms with Crippen LogP contribution in [0.5, 0.6) is 11.5 Å². The van der Waals surface area contributed by atoms with Crippen molar-refractivity contribution in [2.45, 2.75) is 39.9 Å². The van der Waals surface area contributed by atoms with E-state index in [1.54, 1.807) is 24.3 Å². The van der Waals surface area contributed by atoms with Crippen molar-refractivity contribution in [1.82, 2.24) is 0 Å². The summed E-state index contributed by atoms with van der Waals surface area (Å²) in [5.74, 6) is 1.37. The minimum absolute atomic E-state index is 0.0385. The van der Waals surface area contributed by atoms with E-state index in [-0.39, 0.29) is 18.0 Å². The van der Waals surface area contributed by atoms with E-state index >= 15 is 0 Å². The van der Waals surface area contributed by atoms with Gasteiger partial charge in [-0.25, -0.2) is 0 Å². The number of ketones is 1. The average molecular weight is 298 g/mol. The van der Waals surface area contributed by atoms with Gasteiger partial charge in [-0.05, 0) is 52.0 Å². The summed E-state index contributed by atoms with van der Waals surface area (Å²) < 4.78 is 11.3. The monoisotopic (exact) mass is 298 g/mol. The number of benzene rings is 2. The Hall–Kier alpha value is -2.29. The summed E-state index contributed by atoms with van der Waals surface area (Å²) in [5, 5.41) is 0. The molecule has 0 unspecified atom stereocenters. The van der Waals surface area contributed by atoms with E-state index in [9.17, 15) is 4.79 Å². The van der Waals surface area contributed by atoms with Crippen LogP contribution in [0.2, 0.25) is 0 Å². The van der Waals surface area contributed by atoms with E-state index in [0.717, 1.165) is 0 Å². The number of hydrogen-bond acceptors (Lipinski definition) is 3. The van der Waals surface area contributed by atoms with Gasteiger partial charge in [0.25, 0.3) is 0 Å². The first-order valence-corrected chi connectivity index (χ1v) is 7.54. The minimum atomic E-state index is -0.0385. The molecule has 0 aliphatic rings.